The third kappa shape index (κ3) is 4.59. The van der Waals surface area contributed by atoms with Crippen molar-refractivity contribution in [2.24, 2.45) is 5.92 Å². The fraction of sp³-hybridized carbons (Fsp3) is 0.526. The van der Waals surface area contributed by atoms with Crippen molar-refractivity contribution in [3.63, 3.8) is 0 Å². The Morgan fingerprint density at radius 1 is 1.32 bits per heavy atom. The number of rotatable bonds is 6. The number of ether oxygens (including phenoxy) is 1. The lowest BCUT2D eigenvalue weighted by atomic mass is 9.89. The molecule has 6 nitrogen and oxygen atoms in total. The molecule has 0 bridgehead atoms. The minimum absolute atomic E-state index is 0.400. The van der Waals surface area contributed by atoms with E-state index >= 15 is 0 Å². The number of aromatic nitrogens is 3. The largest absolute Gasteiger partial charge is 0.412 e. The third-order valence-corrected chi connectivity index (χ3v) is 4.65. The molecule has 1 aliphatic rings. The monoisotopic (exact) mass is 342 g/mol. The first kappa shape index (κ1) is 17.5. The van der Waals surface area contributed by atoms with Crippen molar-refractivity contribution < 1.29 is 9.53 Å². The van der Waals surface area contributed by atoms with Gasteiger partial charge in [0.2, 0.25) is 0 Å². The molecule has 0 atom stereocenters. The van der Waals surface area contributed by atoms with Gasteiger partial charge in [0.1, 0.15) is 0 Å². The quantitative estimate of drug-likeness (QED) is 0.865. The van der Waals surface area contributed by atoms with E-state index in [9.17, 15) is 4.79 Å². The van der Waals surface area contributed by atoms with Gasteiger partial charge in [0, 0.05) is 12.7 Å². The van der Waals surface area contributed by atoms with Gasteiger partial charge in [-0.2, -0.15) is 5.10 Å². The Morgan fingerprint density at radius 3 is 2.88 bits per heavy atom. The number of carbonyl (C=O) groups is 1. The van der Waals surface area contributed by atoms with Crippen LogP contribution in [0, 0.1) is 5.92 Å². The highest BCUT2D eigenvalue weighted by Gasteiger charge is 2.18. The number of amides is 1. The van der Waals surface area contributed by atoms with Crippen LogP contribution in [0.25, 0.3) is 5.82 Å². The first-order valence-electron chi connectivity index (χ1n) is 9.22. The summed E-state index contributed by atoms with van der Waals surface area (Å²) in [6.45, 7) is 2.78. The average molecular weight is 342 g/mol. The Kier molecular flexibility index (Phi) is 6.04. The minimum Gasteiger partial charge on any atom is -0.407 e. The maximum absolute atomic E-state index is 12.2. The third-order valence-electron chi connectivity index (χ3n) is 4.65. The molecule has 134 valence electrons. The summed E-state index contributed by atoms with van der Waals surface area (Å²) in [6, 6.07) is 5.67. The Bertz CT molecular complexity index is 678. The van der Waals surface area contributed by atoms with E-state index in [1.165, 1.54) is 32.1 Å². The lowest BCUT2D eigenvalue weighted by Gasteiger charge is -2.21. The zero-order valence-corrected chi connectivity index (χ0v) is 14.8. The van der Waals surface area contributed by atoms with Gasteiger partial charge in [-0.05, 0) is 37.3 Å². The topological polar surface area (TPSA) is 69.0 Å². The van der Waals surface area contributed by atoms with Crippen molar-refractivity contribution in [3.05, 3.63) is 36.3 Å². The zero-order chi connectivity index (χ0) is 17.5. The first-order chi connectivity index (χ1) is 12.3. The van der Waals surface area contributed by atoms with E-state index in [1.807, 2.05) is 18.2 Å². The van der Waals surface area contributed by atoms with Gasteiger partial charge in [0.05, 0.1) is 11.9 Å². The summed E-state index contributed by atoms with van der Waals surface area (Å²) in [7, 11) is 0. The second-order valence-electron chi connectivity index (χ2n) is 6.58. The van der Waals surface area contributed by atoms with Crippen molar-refractivity contribution >= 4 is 6.09 Å². The predicted octanol–water partition coefficient (Wildman–Crippen LogP) is 3.89. The molecule has 0 aromatic carbocycles. The van der Waals surface area contributed by atoms with Crippen LogP contribution in [0.4, 0.5) is 4.79 Å². The standard InChI is InChI=1S/C19H26N4O2/c1-2-8-16-17(14-22-23(16)18-11-6-7-12-20-18)25-19(24)21-13-15-9-4-3-5-10-15/h6-7,11-12,14-15H,2-5,8-10,13H2,1H3,(H,21,24). The van der Waals surface area contributed by atoms with Crippen LogP contribution in [0.1, 0.15) is 51.1 Å². The Labute approximate surface area is 148 Å². The second-order valence-corrected chi connectivity index (χ2v) is 6.58. The van der Waals surface area contributed by atoms with Gasteiger partial charge < -0.3 is 10.1 Å². The summed E-state index contributed by atoms with van der Waals surface area (Å²) in [5, 5.41) is 7.26. The van der Waals surface area contributed by atoms with Gasteiger partial charge in [-0.1, -0.05) is 38.7 Å². The molecule has 2 aromatic heterocycles. The fourth-order valence-corrected chi connectivity index (χ4v) is 3.34. The van der Waals surface area contributed by atoms with Crippen LogP contribution in [0.5, 0.6) is 5.75 Å². The molecule has 1 aliphatic carbocycles. The normalized spacial score (nSPS) is 15.1. The maximum Gasteiger partial charge on any atom is 0.412 e. The Morgan fingerprint density at radius 2 is 2.16 bits per heavy atom. The van der Waals surface area contributed by atoms with Crippen LogP contribution in [0.15, 0.2) is 30.6 Å². The van der Waals surface area contributed by atoms with E-state index in [-0.39, 0.29) is 0 Å². The highest BCUT2D eigenvalue weighted by atomic mass is 16.6. The summed E-state index contributed by atoms with van der Waals surface area (Å²) in [5.74, 6) is 1.81. The van der Waals surface area contributed by atoms with E-state index in [4.69, 9.17) is 4.74 Å². The summed E-state index contributed by atoms with van der Waals surface area (Å²) in [4.78, 5) is 16.5. The van der Waals surface area contributed by atoms with Crippen LogP contribution in [-0.4, -0.2) is 27.4 Å². The highest BCUT2D eigenvalue weighted by molar-refractivity contribution is 5.70. The molecule has 3 rings (SSSR count). The number of hydrogen-bond donors (Lipinski definition) is 1. The number of hydrogen-bond acceptors (Lipinski definition) is 4. The SMILES string of the molecule is CCCc1c(OC(=O)NCC2CCCCC2)cnn1-c1ccccn1. The van der Waals surface area contributed by atoms with Crippen LogP contribution >= 0.6 is 0 Å². The fourth-order valence-electron chi connectivity index (χ4n) is 3.34. The van der Waals surface area contributed by atoms with Gasteiger partial charge in [-0.3, -0.25) is 0 Å². The van der Waals surface area contributed by atoms with E-state index in [0.29, 0.717) is 18.2 Å². The van der Waals surface area contributed by atoms with Gasteiger partial charge in [0.25, 0.3) is 0 Å². The van der Waals surface area contributed by atoms with Crippen molar-refractivity contribution in [1.82, 2.24) is 20.1 Å². The molecule has 0 radical (unpaired) electrons. The Hall–Kier alpha value is -2.37. The van der Waals surface area contributed by atoms with E-state index in [2.05, 4.69) is 22.3 Å². The molecule has 1 N–H and O–H groups in total. The van der Waals surface area contributed by atoms with Crippen LogP contribution in [0.2, 0.25) is 0 Å². The number of pyridine rings is 1. The van der Waals surface area contributed by atoms with Crippen LogP contribution < -0.4 is 10.1 Å². The average Bonchev–Trinajstić information content (AvgIpc) is 3.04. The highest BCUT2D eigenvalue weighted by Crippen LogP contribution is 2.24. The molecule has 0 aliphatic heterocycles. The summed E-state index contributed by atoms with van der Waals surface area (Å²) in [6.07, 6.45) is 10.8. The molecule has 25 heavy (non-hydrogen) atoms. The summed E-state index contributed by atoms with van der Waals surface area (Å²) < 4.78 is 7.27. The van der Waals surface area contributed by atoms with Gasteiger partial charge in [-0.15, -0.1) is 0 Å². The molecular weight excluding hydrogens is 316 g/mol. The summed E-state index contributed by atoms with van der Waals surface area (Å²) >= 11 is 0. The van der Waals surface area contributed by atoms with E-state index < -0.39 is 6.09 Å². The molecule has 0 saturated heterocycles. The lowest BCUT2D eigenvalue weighted by Crippen LogP contribution is -2.32. The minimum atomic E-state index is -0.400. The lowest BCUT2D eigenvalue weighted by molar-refractivity contribution is 0.196. The Balaban J connectivity index is 1.65. The molecule has 2 heterocycles. The number of nitrogens with one attached hydrogen (secondary N) is 1. The van der Waals surface area contributed by atoms with Gasteiger partial charge >= 0.3 is 6.09 Å². The molecule has 1 saturated carbocycles. The number of carbonyl (C=O) groups excluding carboxylic acids is 1. The second kappa shape index (κ2) is 8.65. The van der Waals surface area contributed by atoms with Crippen LogP contribution in [0.3, 0.4) is 0 Å². The molecule has 0 spiro atoms. The number of nitrogens with zero attached hydrogens (tertiary/aromatic N) is 3. The van der Waals surface area contributed by atoms with E-state index in [0.717, 1.165) is 24.4 Å². The first-order valence-corrected chi connectivity index (χ1v) is 9.22. The van der Waals surface area contributed by atoms with Gasteiger partial charge in [0.15, 0.2) is 11.6 Å². The van der Waals surface area contributed by atoms with Gasteiger partial charge in [-0.25, -0.2) is 14.5 Å². The summed E-state index contributed by atoms with van der Waals surface area (Å²) in [5.41, 5.74) is 0.869. The predicted molar refractivity (Wildman–Crippen MR) is 96.0 cm³/mol. The smallest absolute Gasteiger partial charge is 0.407 e. The van der Waals surface area contributed by atoms with Crippen molar-refractivity contribution in [2.45, 2.75) is 51.9 Å². The zero-order valence-electron chi connectivity index (χ0n) is 14.8. The molecule has 1 amide bonds. The maximum atomic E-state index is 12.2. The molecule has 6 heteroatoms. The molecular formula is C19H26N4O2. The van der Waals surface area contributed by atoms with Crippen molar-refractivity contribution in [1.29, 1.82) is 0 Å². The van der Waals surface area contributed by atoms with E-state index in [1.54, 1.807) is 17.1 Å². The molecule has 2 aromatic rings. The van der Waals surface area contributed by atoms with Crippen LogP contribution in [-0.2, 0) is 6.42 Å². The van der Waals surface area contributed by atoms with Crippen molar-refractivity contribution in [2.75, 3.05) is 6.54 Å². The molecule has 0 unspecified atom stereocenters. The van der Waals surface area contributed by atoms with Crippen molar-refractivity contribution in [3.8, 4) is 11.6 Å². The molecule has 1 fully saturated rings.